The van der Waals surface area contributed by atoms with Gasteiger partial charge in [-0.1, -0.05) is 6.07 Å². The van der Waals surface area contributed by atoms with E-state index in [1.807, 2.05) is 6.07 Å². The summed E-state index contributed by atoms with van der Waals surface area (Å²) in [6.07, 6.45) is 0. The predicted molar refractivity (Wildman–Crippen MR) is 68.2 cm³/mol. The lowest BCUT2D eigenvalue weighted by Crippen LogP contribution is -2.10. The van der Waals surface area contributed by atoms with Gasteiger partial charge in [0.1, 0.15) is 0 Å². The van der Waals surface area contributed by atoms with Crippen molar-refractivity contribution in [2.75, 3.05) is 17.3 Å². The van der Waals surface area contributed by atoms with E-state index in [2.05, 4.69) is 0 Å². The van der Waals surface area contributed by atoms with Crippen LogP contribution in [0.3, 0.4) is 0 Å². The number of benzene rings is 1. The second kappa shape index (κ2) is 6.42. The number of sulfone groups is 1. The van der Waals surface area contributed by atoms with Crippen molar-refractivity contribution in [2.45, 2.75) is 4.90 Å². The summed E-state index contributed by atoms with van der Waals surface area (Å²) < 4.78 is 23.7. The molecule has 18 heavy (non-hydrogen) atoms. The standard InChI is InChI=1S/C11H11NO4S2/c12-7-9-2-1-3-10(6-9)18(15,16)5-4-17-8-11(13)14/h1-3,6H,4-5,8H2,(H,13,14). The molecule has 0 fully saturated rings. The lowest BCUT2D eigenvalue weighted by Gasteiger charge is -2.04. The molecule has 96 valence electrons. The zero-order chi connectivity index (χ0) is 13.6. The topological polar surface area (TPSA) is 95.2 Å². The van der Waals surface area contributed by atoms with E-state index in [1.54, 1.807) is 0 Å². The summed E-state index contributed by atoms with van der Waals surface area (Å²) in [5.41, 5.74) is 0.286. The van der Waals surface area contributed by atoms with Gasteiger partial charge in [0.25, 0.3) is 0 Å². The molecule has 1 aromatic carbocycles. The average Bonchev–Trinajstić information content (AvgIpc) is 2.34. The highest BCUT2D eigenvalue weighted by Gasteiger charge is 2.14. The number of carbonyl (C=O) groups is 1. The van der Waals surface area contributed by atoms with Crippen LogP contribution in [-0.4, -0.2) is 36.8 Å². The number of hydrogen-bond donors (Lipinski definition) is 1. The molecule has 0 spiro atoms. The van der Waals surface area contributed by atoms with Crippen LogP contribution in [-0.2, 0) is 14.6 Å². The Morgan fingerprint density at radius 2 is 2.17 bits per heavy atom. The smallest absolute Gasteiger partial charge is 0.313 e. The number of aliphatic carboxylic acids is 1. The quantitative estimate of drug-likeness (QED) is 0.788. The number of nitriles is 1. The minimum absolute atomic E-state index is 0.0949. The molecule has 0 radical (unpaired) electrons. The first-order chi connectivity index (χ1) is 8.45. The molecule has 0 heterocycles. The van der Waals surface area contributed by atoms with Crippen molar-refractivity contribution in [3.63, 3.8) is 0 Å². The van der Waals surface area contributed by atoms with Gasteiger partial charge in [-0.25, -0.2) is 8.42 Å². The Kier molecular flexibility index (Phi) is 5.19. The Hall–Kier alpha value is -1.52. The Morgan fingerprint density at radius 3 is 2.78 bits per heavy atom. The number of carboxylic acid groups (broad SMARTS) is 1. The van der Waals surface area contributed by atoms with Crippen LogP contribution in [0.1, 0.15) is 5.56 Å². The highest BCUT2D eigenvalue weighted by molar-refractivity contribution is 8.01. The van der Waals surface area contributed by atoms with Gasteiger partial charge in [-0.2, -0.15) is 5.26 Å². The Balaban J connectivity index is 2.69. The molecule has 0 unspecified atom stereocenters. The van der Waals surface area contributed by atoms with E-state index in [9.17, 15) is 13.2 Å². The van der Waals surface area contributed by atoms with Gasteiger partial charge in [0.2, 0.25) is 0 Å². The van der Waals surface area contributed by atoms with Crippen LogP contribution in [0.15, 0.2) is 29.2 Å². The molecule has 7 heteroatoms. The van der Waals surface area contributed by atoms with Gasteiger partial charge in [-0.15, -0.1) is 11.8 Å². The number of carboxylic acids is 1. The van der Waals surface area contributed by atoms with Crippen molar-refractivity contribution in [1.82, 2.24) is 0 Å². The largest absolute Gasteiger partial charge is 0.481 e. The maximum absolute atomic E-state index is 11.9. The van der Waals surface area contributed by atoms with E-state index >= 15 is 0 Å². The molecule has 1 N–H and O–H groups in total. The van der Waals surface area contributed by atoms with Crippen LogP contribution in [0.25, 0.3) is 0 Å². The molecule has 0 aliphatic rings. The fraction of sp³-hybridized carbons (Fsp3) is 0.273. The molecule has 0 aliphatic carbocycles. The van der Waals surface area contributed by atoms with Gasteiger partial charge in [-0.3, -0.25) is 4.79 Å². The summed E-state index contributed by atoms with van der Waals surface area (Å²) in [4.78, 5) is 10.4. The number of thioether (sulfide) groups is 1. The zero-order valence-corrected chi connectivity index (χ0v) is 11.0. The van der Waals surface area contributed by atoms with Gasteiger partial charge < -0.3 is 5.11 Å². The lowest BCUT2D eigenvalue weighted by molar-refractivity contribution is -0.133. The maximum Gasteiger partial charge on any atom is 0.313 e. The van der Waals surface area contributed by atoms with E-state index in [1.165, 1.54) is 24.3 Å². The molecule has 0 atom stereocenters. The van der Waals surface area contributed by atoms with Gasteiger partial charge in [0.15, 0.2) is 9.84 Å². The second-order valence-electron chi connectivity index (χ2n) is 3.40. The fourth-order valence-corrected chi connectivity index (χ4v) is 3.70. The van der Waals surface area contributed by atoms with Gasteiger partial charge in [0.05, 0.1) is 28.0 Å². The van der Waals surface area contributed by atoms with E-state index in [0.29, 0.717) is 0 Å². The van der Waals surface area contributed by atoms with Crippen LogP contribution in [0.2, 0.25) is 0 Å². The number of rotatable bonds is 6. The second-order valence-corrected chi connectivity index (χ2v) is 6.62. The van der Waals surface area contributed by atoms with E-state index < -0.39 is 15.8 Å². The summed E-state index contributed by atoms with van der Waals surface area (Å²) in [6, 6.07) is 7.66. The molecule has 1 aromatic rings. The van der Waals surface area contributed by atoms with Crippen LogP contribution >= 0.6 is 11.8 Å². The third-order valence-electron chi connectivity index (χ3n) is 2.04. The molecule has 0 amide bonds. The van der Waals surface area contributed by atoms with Crippen molar-refractivity contribution >= 4 is 27.6 Å². The summed E-state index contributed by atoms with van der Waals surface area (Å²) in [5, 5.41) is 17.1. The number of hydrogen-bond acceptors (Lipinski definition) is 5. The maximum atomic E-state index is 11.9. The molecule has 5 nitrogen and oxygen atoms in total. The van der Waals surface area contributed by atoms with Gasteiger partial charge in [-0.05, 0) is 18.2 Å². The van der Waals surface area contributed by atoms with Crippen molar-refractivity contribution in [2.24, 2.45) is 0 Å². The normalized spacial score (nSPS) is 10.8. The summed E-state index contributed by atoms with van der Waals surface area (Å²) in [7, 11) is -3.46. The van der Waals surface area contributed by atoms with Crippen molar-refractivity contribution in [3.8, 4) is 6.07 Å². The zero-order valence-electron chi connectivity index (χ0n) is 9.37. The third kappa shape index (κ3) is 4.39. The lowest BCUT2D eigenvalue weighted by atomic mass is 10.2. The first-order valence-corrected chi connectivity index (χ1v) is 7.79. The summed E-state index contributed by atoms with van der Waals surface area (Å²) >= 11 is 1.05. The molecular formula is C11H11NO4S2. The fourth-order valence-electron chi connectivity index (χ4n) is 1.21. The first kappa shape index (κ1) is 14.5. The Morgan fingerprint density at radius 1 is 1.44 bits per heavy atom. The van der Waals surface area contributed by atoms with E-state index in [-0.39, 0.29) is 27.7 Å². The highest BCUT2D eigenvalue weighted by Crippen LogP contribution is 2.14. The molecule has 0 aliphatic heterocycles. The Bertz CT molecular complexity index is 575. The first-order valence-electron chi connectivity index (χ1n) is 4.98. The van der Waals surface area contributed by atoms with Gasteiger partial charge in [0, 0.05) is 5.75 Å². The van der Waals surface area contributed by atoms with Crippen LogP contribution in [0, 0.1) is 11.3 Å². The molecule has 1 rings (SSSR count). The average molecular weight is 285 g/mol. The predicted octanol–water partition coefficient (Wildman–Crippen LogP) is 1.15. The summed E-state index contributed by atoms with van der Waals surface area (Å²) in [6.45, 7) is 0. The third-order valence-corrected chi connectivity index (χ3v) is 4.96. The van der Waals surface area contributed by atoms with E-state index in [0.717, 1.165) is 11.8 Å². The molecule has 0 saturated heterocycles. The minimum Gasteiger partial charge on any atom is -0.481 e. The van der Waals surface area contributed by atoms with Crippen molar-refractivity contribution in [3.05, 3.63) is 29.8 Å². The molecule has 0 saturated carbocycles. The monoisotopic (exact) mass is 285 g/mol. The minimum atomic E-state index is -3.46. The van der Waals surface area contributed by atoms with Crippen LogP contribution < -0.4 is 0 Å². The highest BCUT2D eigenvalue weighted by atomic mass is 32.2. The van der Waals surface area contributed by atoms with Gasteiger partial charge >= 0.3 is 5.97 Å². The molecular weight excluding hydrogens is 274 g/mol. The van der Waals surface area contributed by atoms with E-state index in [4.69, 9.17) is 10.4 Å². The molecule has 0 bridgehead atoms. The summed E-state index contributed by atoms with van der Waals surface area (Å²) in [5.74, 6) is -1.01. The van der Waals surface area contributed by atoms with Crippen molar-refractivity contribution in [1.29, 1.82) is 5.26 Å². The Labute approximate surface area is 109 Å². The van der Waals surface area contributed by atoms with Crippen molar-refractivity contribution < 1.29 is 18.3 Å². The SMILES string of the molecule is N#Cc1cccc(S(=O)(=O)CCSCC(=O)O)c1. The number of nitrogens with zero attached hydrogens (tertiary/aromatic N) is 1. The molecule has 0 aromatic heterocycles. The van der Waals surface area contributed by atoms with Crippen LogP contribution in [0.4, 0.5) is 0 Å². The van der Waals surface area contributed by atoms with Crippen LogP contribution in [0.5, 0.6) is 0 Å².